The molecule has 0 radical (unpaired) electrons. The maximum absolute atomic E-state index is 12.4. The summed E-state index contributed by atoms with van der Waals surface area (Å²) < 4.78 is 10.2. The molecule has 3 aromatic rings. The molecule has 0 atom stereocenters. The van der Waals surface area contributed by atoms with Crippen molar-refractivity contribution in [3.05, 3.63) is 81.2 Å². The number of nitrogens with one attached hydrogen (secondary N) is 2. The van der Waals surface area contributed by atoms with Crippen LogP contribution in [0, 0.1) is 6.92 Å². The quantitative estimate of drug-likeness (QED) is 0.167. The van der Waals surface area contributed by atoms with Gasteiger partial charge in [-0.1, -0.05) is 17.7 Å². The Hall–Kier alpha value is -4.31. The van der Waals surface area contributed by atoms with E-state index in [-0.39, 0.29) is 0 Å². The van der Waals surface area contributed by atoms with Crippen molar-refractivity contribution in [2.75, 3.05) is 12.4 Å². The van der Waals surface area contributed by atoms with Crippen molar-refractivity contribution in [1.29, 1.82) is 0 Å². The van der Waals surface area contributed by atoms with Crippen LogP contribution in [-0.2, 0) is 27.2 Å². The molecule has 0 bridgehead atoms. The lowest BCUT2D eigenvalue weighted by Gasteiger charge is -2.07. The number of nitrogens with zero attached hydrogens (tertiary/aromatic N) is 1. The Morgan fingerprint density at radius 1 is 0.892 bits per heavy atom. The Balaban J connectivity index is 1.36. The summed E-state index contributed by atoms with van der Waals surface area (Å²) in [6.45, 7) is 3.59. The predicted octanol–water partition coefficient (Wildman–Crippen LogP) is 4.03. The molecule has 2 N–H and O–H groups in total. The van der Waals surface area contributed by atoms with Crippen LogP contribution < -0.4 is 15.5 Å². The van der Waals surface area contributed by atoms with E-state index in [0.717, 1.165) is 35.3 Å². The van der Waals surface area contributed by atoms with Crippen molar-refractivity contribution in [2.45, 2.75) is 33.1 Å². The van der Waals surface area contributed by atoms with Crippen LogP contribution in [0.15, 0.2) is 53.6 Å². The van der Waals surface area contributed by atoms with Gasteiger partial charge < -0.3 is 14.8 Å². The highest BCUT2D eigenvalue weighted by Crippen LogP contribution is 2.39. The third-order valence-corrected chi connectivity index (χ3v) is 7.05. The van der Waals surface area contributed by atoms with E-state index in [1.807, 2.05) is 19.1 Å². The Morgan fingerprint density at radius 2 is 1.57 bits per heavy atom. The Labute approximate surface area is 217 Å². The molecule has 0 saturated heterocycles. The van der Waals surface area contributed by atoms with E-state index in [0.29, 0.717) is 33.2 Å². The number of thiophene rings is 1. The average molecular weight is 520 g/mol. The Morgan fingerprint density at radius 3 is 2.24 bits per heavy atom. The molecule has 0 aliphatic heterocycles. The number of hydrogen-bond donors (Lipinski definition) is 2. The summed E-state index contributed by atoms with van der Waals surface area (Å²) in [5.74, 6) is -2.58. The summed E-state index contributed by atoms with van der Waals surface area (Å²) in [6, 6.07) is 13.6. The molecular weight excluding hydrogens is 494 g/mol. The second-order valence-corrected chi connectivity index (χ2v) is 9.53. The fourth-order valence-corrected chi connectivity index (χ4v) is 5.11. The number of rotatable bonds is 6. The second-order valence-electron chi connectivity index (χ2n) is 8.43. The van der Waals surface area contributed by atoms with Crippen molar-refractivity contribution >= 4 is 45.8 Å². The highest BCUT2D eigenvalue weighted by molar-refractivity contribution is 7.17. The molecule has 9 nitrogen and oxygen atoms in total. The van der Waals surface area contributed by atoms with E-state index in [2.05, 4.69) is 15.8 Å². The number of ether oxygens (including phenoxy) is 2. The van der Waals surface area contributed by atoms with Gasteiger partial charge in [-0.3, -0.25) is 9.59 Å². The number of fused-ring (bicyclic) bond motifs is 1. The molecule has 1 aromatic heterocycles. The number of esters is 2. The minimum absolute atomic E-state index is 0.299. The fourth-order valence-electron chi connectivity index (χ4n) is 3.84. The van der Waals surface area contributed by atoms with Gasteiger partial charge in [-0.05, 0) is 80.6 Å². The molecule has 190 valence electrons. The number of carbonyl (C=O) groups excluding carboxylic acids is 4. The van der Waals surface area contributed by atoms with Crippen molar-refractivity contribution in [1.82, 2.24) is 5.43 Å². The highest BCUT2D eigenvalue weighted by Gasteiger charge is 2.29. The first kappa shape index (κ1) is 25.8. The molecule has 37 heavy (non-hydrogen) atoms. The molecule has 0 unspecified atom stereocenters. The van der Waals surface area contributed by atoms with Crippen molar-refractivity contribution < 1.29 is 28.7 Å². The summed E-state index contributed by atoms with van der Waals surface area (Å²) in [7, 11) is 1.28. The topological polar surface area (TPSA) is 123 Å². The summed E-state index contributed by atoms with van der Waals surface area (Å²) >= 11 is 1.28. The molecule has 0 fully saturated rings. The van der Waals surface area contributed by atoms with Crippen LogP contribution in [-0.4, -0.2) is 36.6 Å². The number of anilines is 1. The fraction of sp³-hybridized carbons (Fsp3) is 0.222. The Bertz CT molecular complexity index is 1390. The van der Waals surface area contributed by atoms with Crippen LogP contribution in [0.2, 0.25) is 0 Å². The number of methoxy groups -OCH3 is 1. The van der Waals surface area contributed by atoms with Gasteiger partial charge in [0.15, 0.2) is 0 Å². The SMILES string of the molecule is COC(=O)c1c(NC(=O)C(=O)N/N=C(\C)c2ccc(OC(=O)c3ccc(C)cc3)cc2)sc2c1CCC2. The van der Waals surface area contributed by atoms with E-state index in [9.17, 15) is 19.2 Å². The molecular formula is C27H25N3O6S. The summed E-state index contributed by atoms with van der Waals surface area (Å²) in [5, 5.41) is 6.80. The smallest absolute Gasteiger partial charge is 0.343 e. The van der Waals surface area contributed by atoms with Gasteiger partial charge in [0.05, 0.1) is 23.9 Å². The molecule has 0 spiro atoms. The van der Waals surface area contributed by atoms with Gasteiger partial charge in [0.2, 0.25) is 0 Å². The lowest BCUT2D eigenvalue weighted by atomic mass is 10.1. The van der Waals surface area contributed by atoms with Gasteiger partial charge in [0, 0.05) is 4.88 Å². The van der Waals surface area contributed by atoms with Crippen LogP contribution in [0.25, 0.3) is 0 Å². The highest BCUT2D eigenvalue weighted by atomic mass is 32.1. The number of hydrogen-bond acceptors (Lipinski definition) is 8. The predicted molar refractivity (Wildman–Crippen MR) is 139 cm³/mol. The van der Waals surface area contributed by atoms with E-state index in [1.165, 1.54) is 18.4 Å². The third-order valence-electron chi connectivity index (χ3n) is 5.84. The number of aryl methyl sites for hydroxylation is 2. The number of amides is 2. The standard InChI is InChI=1S/C27H25N3O6S/c1-15-7-9-18(10-8-15)26(33)36-19-13-11-17(12-14-19)16(2)29-30-24(32)23(31)28-25-22(27(34)35-3)20-5-4-6-21(20)37-25/h7-14H,4-6H2,1-3H3,(H,28,31)(H,30,32)/b29-16+. The van der Waals surface area contributed by atoms with Crippen LogP contribution >= 0.6 is 11.3 Å². The largest absolute Gasteiger partial charge is 0.465 e. The van der Waals surface area contributed by atoms with Gasteiger partial charge in [-0.2, -0.15) is 5.10 Å². The van der Waals surface area contributed by atoms with Gasteiger partial charge in [-0.25, -0.2) is 15.0 Å². The molecule has 1 aliphatic carbocycles. The minimum atomic E-state index is -0.979. The number of hydrazone groups is 1. The molecule has 1 heterocycles. The van der Waals surface area contributed by atoms with Crippen molar-refractivity contribution in [3.8, 4) is 5.75 Å². The Kier molecular flexibility index (Phi) is 7.78. The monoisotopic (exact) mass is 519 g/mol. The normalized spacial score (nSPS) is 12.5. The van der Waals surface area contributed by atoms with Gasteiger partial charge >= 0.3 is 23.8 Å². The molecule has 2 aromatic carbocycles. The van der Waals surface area contributed by atoms with Crippen LogP contribution in [0.4, 0.5) is 5.00 Å². The first-order valence-corrected chi connectivity index (χ1v) is 12.4. The summed E-state index contributed by atoms with van der Waals surface area (Å²) in [6.07, 6.45) is 2.48. The maximum atomic E-state index is 12.4. The number of carbonyl (C=O) groups is 4. The molecule has 1 aliphatic rings. The number of benzene rings is 2. The zero-order valence-electron chi connectivity index (χ0n) is 20.5. The van der Waals surface area contributed by atoms with Crippen molar-refractivity contribution in [2.24, 2.45) is 5.10 Å². The maximum Gasteiger partial charge on any atom is 0.343 e. The van der Waals surface area contributed by atoms with E-state index in [4.69, 9.17) is 9.47 Å². The van der Waals surface area contributed by atoms with Crippen LogP contribution in [0.1, 0.15) is 55.6 Å². The van der Waals surface area contributed by atoms with Gasteiger partial charge in [0.1, 0.15) is 10.8 Å². The van der Waals surface area contributed by atoms with E-state index in [1.54, 1.807) is 43.3 Å². The first-order chi connectivity index (χ1) is 17.8. The van der Waals surface area contributed by atoms with Crippen LogP contribution in [0.3, 0.4) is 0 Å². The zero-order chi connectivity index (χ0) is 26.5. The van der Waals surface area contributed by atoms with Gasteiger partial charge in [0.25, 0.3) is 0 Å². The molecule has 4 rings (SSSR count). The van der Waals surface area contributed by atoms with E-state index < -0.39 is 23.8 Å². The summed E-state index contributed by atoms with van der Waals surface area (Å²) in [5.41, 5.74) is 5.98. The molecule has 2 amide bonds. The molecule has 10 heteroatoms. The zero-order valence-corrected chi connectivity index (χ0v) is 21.4. The van der Waals surface area contributed by atoms with Crippen LogP contribution in [0.5, 0.6) is 5.75 Å². The average Bonchev–Trinajstić information content (AvgIpc) is 3.48. The van der Waals surface area contributed by atoms with Gasteiger partial charge in [-0.15, -0.1) is 11.3 Å². The lowest BCUT2D eigenvalue weighted by molar-refractivity contribution is -0.136. The third kappa shape index (κ3) is 5.92. The second kappa shape index (κ2) is 11.2. The molecule has 0 saturated carbocycles. The first-order valence-electron chi connectivity index (χ1n) is 11.5. The van der Waals surface area contributed by atoms with E-state index >= 15 is 0 Å². The van der Waals surface area contributed by atoms with Crippen molar-refractivity contribution in [3.63, 3.8) is 0 Å². The minimum Gasteiger partial charge on any atom is -0.465 e. The summed E-state index contributed by atoms with van der Waals surface area (Å²) in [4.78, 5) is 50.3. The lowest BCUT2D eigenvalue weighted by Crippen LogP contribution is -2.33.